The summed E-state index contributed by atoms with van der Waals surface area (Å²) >= 11 is 0. The Balaban J connectivity index is 1.60. The van der Waals surface area contributed by atoms with Crippen LogP contribution in [0.1, 0.15) is 42.0 Å². The number of likely N-dealkylation sites (tertiary alicyclic amines) is 1. The number of carbonyl (C=O) groups excluding carboxylic acids is 1. The number of aliphatic imine (C=N–C) groups is 1. The zero-order valence-electron chi connectivity index (χ0n) is 17.8. The van der Waals surface area contributed by atoms with Gasteiger partial charge in [0.05, 0.1) is 0 Å². The SMILES string of the molecule is CCc1ccc(CN(C)C(=NC)NCc2ccccc2CN2CCCC2=O)cc1. The molecule has 0 atom stereocenters. The lowest BCUT2D eigenvalue weighted by Gasteiger charge is -2.23. The van der Waals surface area contributed by atoms with Crippen LogP contribution >= 0.6 is 0 Å². The van der Waals surface area contributed by atoms with Crippen molar-refractivity contribution in [1.82, 2.24) is 15.1 Å². The smallest absolute Gasteiger partial charge is 0.222 e. The molecule has 0 aromatic heterocycles. The number of carbonyl (C=O) groups is 1. The minimum Gasteiger partial charge on any atom is -0.352 e. The van der Waals surface area contributed by atoms with Crippen molar-refractivity contribution in [2.45, 2.75) is 45.8 Å². The van der Waals surface area contributed by atoms with Gasteiger partial charge in [-0.25, -0.2) is 0 Å². The van der Waals surface area contributed by atoms with Crippen LogP contribution in [0.3, 0.4) is 0 Å². The molecule has 5 heteroatoms. The summed E-state index contributed by atoms with van der Waals surface area (Å²) in [5.74, 6) is 1.12. The first kappa shape index (κ1) is 20.9. The van der Waals surface area contributed by atoms with Crippen molar-refractivity contribution in [1.29, 1.82) is 0 Å². The molecule has 3 rings (SSSR count). The van der Waals surface area contributed by atoms with Gasteiger partial charge in [0.2, 0.25) is 5.91 Å². The van der Waals surface area contributed by atoms with E-state index >= 15 is 0 Å². The predicted octanol–water partition coefficient (Wildman–Crippen LogP) is 3.58. The van der Waals surface area contributed by atoms with E-state index in [1.807, 2.05) is 24.1 Å². The van der Waals surface area contributed by atoms with Crippen molar-refractivity contribution >= 4 is 11.9 Å². The van der Waals surface area contributed by atoms with E-state index in [9.17, 15) is 4.79 Å². The molecule has 5 nitrogen and oxygen atoms in total. The van der Waals surface area contributed by atoms with Gasteiger partial charge in [-0.05, 0) is 35.1 Å². The van der Waals surface area contributed by atoms with Gasteiger partial charge in [-0.2, -0.15) is 0 Å². The Bertz CT molecular complexity index is 844. The Morgan fingerprint density at radius 1 is 1.10 bits per heavy atom. The van der Waals surface area contributed by atoms with Crippen LogP contribution in [0.25, 0.3) is 0 Å². The first-order valence-electron chi connectivity index (χ1n) is 10.4. The molecule has 0 bridgehead atoms. The molecular weight excluding hydrogens is 360 g/mol. The molecule has 1 aliphatic heterocycles. The number of aryl methyl sites for hydroxylation is 1. The maximum atomic E-state index is 12.0. The van der Waals surface area contributed by atoms with Gasteiger partial charge in [-0.15, -0.1) is 0 Å². The third kappa shape index (κ3) is 5.59. The Morgan fingerprint density at radius 3 is 2.41 bits per heavy atom. The van der Waals surface area contributed by atoms with Gasteiger partial charge < -0.3 is 15.1 Å². The van der Waals surface area contributed by atoms with Crippen LogP contribution in [0.4, 0.5) is 0 Å². The van der Waals surface area contributed by atoms with Gasteiger partial charge in [0, 0.05) is 46.7 Å². The van der Waals surface area contributed by atoms with E-state index in [4.69, 9.17) is 0 Å². The normalized spacial score (nSPS) is 14.4. The van der Waals surface area contributed by atoms with Crippen LogP contribution in [0.5, 0.6) is 0 Å². The van der Waals surface area contributed by atoms with Gasteiger partial charge >= 0.3 is 0 Å². The molecule has 0 aliphatic carbocycles. The Kier molecular flexibility index (Phi) is 7.28. The molecule has 0 saturated carbocycles. The quantitative estimate of drug-likeness (QED) is 0.579. The van der Waals surface area contributed by atoms with Crippen molar-refractivity contribution in [2.24, 2.45) is 4.99 Å². The summed E-state index contributed by atoms with van der Waals surface area (Å²) in [5.41, 5.74) is 5.02. The van der Waals surface area contributed by atoms with Crippen molar-refractivity contribution in [2.75, 3.05) is 20.6 Å². The highest BCUT2D eigenvalue weighted by Gasteiger charge is 2.21. The maximum Gasteiger partial charge on any atom is 0.222 e. The van der Waals surface area contributed by atoms with Crippen molar-refractivity contribution in [3.05, 3.63) is 70.8 Å². The average molecular weight is 393 g/mol. The van der Waals surface area contributed by atoms with Crippen molar-refractivity contribution < 1.29 is 4.79 Å². The van der Waals surface area contributed by atoms with E-state index in [2.05, 4.69) is 65.6 Å². The highest BCUT2D eigenvalue weighted by Crippen LogP contribution is 2.17. The van der Waals surface area contributed by atoms with Gasteiger partial charge in [-0.3, -0.25) is 9.79 Å². The molecular formula is C24H32N4O. The van der Waals surface area contributed by atoms with E-state index in [1.54, 1.807) is 0 Å². The molecule has 1 saturated heterocycles. The molecule has 0 radical (unpaired) electrons. The zero-order chi connectivity index (χ0) is 20.6. The van der Waals surface area contributed by atoms with E-state index in [1.165, 1.54) is 22.3 Å². The molecule has 154 valence electrons. The molecule has 1 N–H and O–H groups in total. The summed E-state index contributed by atoms with van der Waals surface area (Å²) in [6, 6.07) is 17.1. The van der Waals surface area contributed by atoms with E-state index in [0.717, 1.165) is 31.9 Å². The van der Waals surface area contributed by atoms with Crippen LogP contribution in [-0.4, -0.2) is 42.3 Å². The van der Waals surface area contributed by atoms with Crippen LogP contribution in [-0.2, 0) is 30.8 Å². The van der Waals surface area contributed by atoms with Gasteiger partial charge in [0.1, 0.15) is 0 Å². The van der Waals surface area contributed by atoms with E-state index < -0.39 is 0 Å². The van der Waals surface area contributed by atoms with Gasteiger partial charge in [-0.1, -0.05) is 55.5 Å². The number of hydrogen-bond donors (Lipinski definition) is 1. The fourth-order valence-electron chi connectivity index (χ4n) is 3.75. The Labute approximate surface area is 174 Å². The van der Waals surface area contributed by atoms with Gasteiger partial charge in [0.15, 0.2) is 5.96 Å². The number of rotatable bonds is 7. The molecule has 1 aliphatic rings. The van der Waals surface area contributed by atoms with Gasteiger partial charge in [0.25, 0.3) is 0 Å². The second-order valence-corrected chi connectivity index (χ2v) is 7.61. The fourth-order valence-corrected chi connectivity index (χ4v) is 3.75. The standard InChI is InChI=1S/C24H32N4O/c1-4-19-11-13-20(14-12-19)17-27(3)24(25-2)26-16-21-8-5-6-9-22(21)18-28-15-7-10-23(28)29/h5-6,8-9,11-14H,4,7,10,15-18H2,1-3H3,(H,25,26). The average Bonchev–Trinajstić information content (AvgIpc) is 3.14. The summed E-state index contributed by atoms with van der Waals surface area (Å²) in [7, 11) is 3.87. The summed E-state index contributed by atoms with van der Waals surface area (Å²) in [4.78, 5) is 20.5. The van der Waals surface area contributed by atoms with E-state index in [-0.39, 0.29) is 5.91 Å². The molecule has 0 unspecified atom stereocenters. The lowest BCUT2D eigenvalue weighted by atomic mass is 10.1. The van der Waals surface area contributed by atoms with Crippen LogP contribution in [0.2, 0.25) is 0 Å². The third-order valence-electron chi connectivity index (χ3n) is 5.51. The molecule has 2 aromatic carbocycles. The van der Waals surface area contributed by atoms with Crippen molar-refractivity contribution in [3.8, 4) is 0 Å². The second kappa shape index (κ2) is 10.1. The molecule has 29 heavy (non-hydrogen) atoms. The maximum absolute atomic E-state index is 12.0. The molecule has 1 fully saturated rings. The highest BCUT2D eigenvalue weighted by atomic mass is 16.2. The van der Waals surface area contributed by atoms with Crippen LogP contribution in [0.15, 0.2) is 53.5 Å². The third-order valence-corrected chi connectivity index (χ3v) is 5.51. The van der Waals surface area contributed by atoms with Crippen LogP contribution in [0, 0.1) is 0 Å². The number of benzene rings is 2. The number of nitrogens with one attached hydrogen (secondary N) is 1. The minimum absolute atomic E-state index is 0.261. The fraction of sp³-hybridized carbons (Fsp3) is 0.417. The van der Waals surface area contributed by atoms with Crippen molar-refractivity contribution in [3.63, 3.8) is 0 Å². The Morgan fingerprint density at radius 2 is 1.79 bits per heavy atom. The summed E-state index contributed by atoms with van der Waals surface area (Å²) in [5, 5.41) is 3.48. The monoisotopic (exact) mass is 392 g/mol. The largest absolute Gasteiger partial charge is 0.352 e. The topological polar surface area (TPSA) is 47.9 Å². The lowest BCUT2D eigenvalue weighted by Crippen LogP contribution is -2.38. The minimum atomic E-state index is 0.261. The van der Waals surface area contributed by atoms with Crippen LogP contribution < -0.4 is 5.32 Å². The Hall–Kier alpha value is -2.82. The molecule has 1 heterocycles. The first-order valence-corrected chi connectivity index (χ1v) is 10.4. The number of amides is 1. The lowest BCUT2D eigenvalue weighted by molar-refractivity contribution is -0.128. The summed E-state index contributed by atoms with van der Waals surface area (Å²) in [6.45, 7) is 5.21. The molecule has 1 amide bonds. The molecule has 0 spiro atoms. The zero-order valence-corrected chi connectivity index (χ0v) is 17.8. The summed E-state index contributed by atoms with van der Waals surface area (Å²) in [6.07, 6.45) is 2.70. The number of hydrogen-bond acceptors (Lipinski definition) is 2. The molecule has 2 aromatic rings. The van der Waals surface area contributed by atoms with E-state index in [0.29, 0.717) is 19.5 Å². The number of guanidine groups is 1. The summed E-state index contributed by atoms with van der Waals surface area (Å²) < 4.78 is 0. The predicted molar refractivity (Wildman–Crippen MR) is 119 cm³/mol. The number of nitrogens with zero attached hydrogens (tertiary/aromatic N) is 3. The second-order valence-electron chi connectivity index (χ2n) is 7.61. The first-order chi connectivity index (χ1) is 14.1. The highest BCUT2D eigenvalue weighted by molar-refractivity contribution is 5.79.